The van der Waals surface area contributed by atoms with Gasteiger partial charge < -0.3 is 10.5 Å². The molecule has 0 aliphatic carbocycles. The van der Waals surface area contributed by atoms with Gasteiger partial charge in [0.2, 0.25) is 0 Å². The Hall–Kier alpha value is -0.440. The molecular formula is C11H15Cl2NO. The number of nitrogens with two attached hydrogens (primary N) is 1. The van der Waals surface area contributed by atoms with Gasteiger partial charge in [0.1, 0.15) is 5.75 Å². The molecule has 1 aromatic carbocycles. The van der Waals surface area contributed by atoms with Crippen molar-refractivity contribution in [2.45, 2.75) is 19.3 Å². The summed E-state index contributed by atoms with van der Waals surface area (Å²) in [5.41, 5.74) is 6.33. The molecule has 0 saturated heterocycles. The number of ether oxygens (including phenoxy) is 1. The van der Waals surface area contributed by atoms with Crippen LogP contribution in [0.1, 0.15) is 19.4 Å². The molecule has 1 aromatic rings. The van der Waals surface area contributed by atoms with Gasteiger partial charge in [-0.2, -0.15) is 0 Å². The maximum atomic E-state index is 6.15. The van der Waals surface area contributed by atoms with Crippen LogP contribution in [0.3, 0.4) is 0 Å². The number of halogens is 2. The molecule has 2 N–H and O–H groups in total. The van der Waals surface area contributed by atoms with Crippen molar-refractivity contribution in [3.63, 3.8) is 0 Å². The number of methoxy groups -OCH3 is 1. The molecule has 0 bridgehead atoms. The SMILES string of the molecule is COc1c(Cl)ccc(Cl)c1C(C)(C)CN. The Morgan fingerprint density at radius 1 is 1.27 bits per heavy atom. The Kier molecular flexibility index (Phi) is 3.87. The van der Waals surface area contributed by atoms with Gasteiger partial charge in [-0.05, 0) is 12.1 Å². The fourth-order valence-corrected chi connectivity index (χ4v) is 2.10. The average Bonchev–Trinajstić information content (AvgIpc) is 2.20. The highest BCUT2D eigenvalue weighted by Gasteiger charge is 2.27. The highest BCUT2D eigenvalue weighted by molar-refractivity contribution is 6.35. The Bertz CT molecular complexity index is 364. The Morgan fingerprint density at radius 3 is 2.27 bits per heavy atom. The lowest BCUT2D eigenvalue weighted by atomic mass is 9.84. The Labute approximate surface area is 100 Å². The Balaban J connectivity index is 3.44. The van der Waals surface area contributed by atoms with Crippen LogP contribution in [-0.4, -0.2) is 13.7 Å². The maximum absolute atomic E-state index is 6.15. The van der Waals surface area contributed by atoms with E-state index in [1.165, 1.54) is 0 Å². The van der Waals surface area contributed by atoms with Crippen LogP contribution in [0.4, 0.5) is 0 Å². The van der Waals surface area contributed by atoms with Gasteiger partial charge in [0, 0.05) is 22.5 Å². The summed E-state index contributed by atoms with van der Waals surface area (Å²) in [6.07, 6.45) is 0. The molecule has 0 atom stereocenters. The smallest absolute Gasteiger partial charge is 0.142 e. The number of rotatable bonds is 3. The van der Waals surface area contributed by atoms with E-state index in [0.29, 0.717) is 22.3 Å². The monoisotopic (exact) mass is 247 g/mol. The van der Waals surface area contributed by atoms with Gasteiger partial charge in [-0.15, -0.1) is 0 Å². The Morgan fingerprint density at radius 2 is 1.80 bits per heavy atom. The molecule has 0 aliphatic heterocycles. The summed E-state index contributed by atoms with van der Waals surface area (Å²) in [6, 6.07) is 3.48. The quantitative estimate of drug-likeness (QED) is 0.891. The highest BCUT2D eigenvalue weighted by Crippen LogP contribution is 2.41. The van der Waals surface area contributed by atoms with Gasteiger partial charge in [0.05, 0.1) is 12.1 Å². The van der Waals surface area contributed by atoms with Crippen LogP contribution in [-0.2, 0) is 5.41 Å². The molecular weight excluding hydrogens is 233 g/mol. The molecule has 1 rings (SSSR count). The minimum absolute atomic E-state index is 0.257. The molecule has 0 aromatic heterocycles. The van der Waals surface area contributed by atoms with Crippen LogP contribution < -0.4 is 10.5 Å². The van der Waals surface area contributed by atoms with Crippen molar-refractivity contribution in [1.29, 1.82) is 0 Å². The van der Waals surface area contributed by atoms with E-state index in [2.05, 4.69) is 0 Å². The van der Waals surface area contributed by atoms with Crippen LogP contribution >= 0.6 is 23.2 Å². The van der Waals surface area contributed by atoms with Gasteiger partial charge in [-0.3, -0.25) is 0 Å². The van der Waals surface area contributed by atoms with Gasteiger partial charge >= 0.3 is 0 Å². The number of hydrogen-bond donors (Lipinski definition) is 1. The summed E-state index contributed by atoms with van der Waals surface area (Å²) in [5, 5.41) is 1.19. The van der Waals surface area contributed by atoms with E-state index in [0.717, 1.165) is 5.56 Å². The van der Waals surface area contributed by atoms with E-state index < -0.39 is 0 Å². The molecule has 2 nitrogen and oxygen atoms in total. The summed E-state index contributed by atoms with van der Waals surface area (Å²) in [6.45, 7) is 4.49. The predicted octanol–water partition coefficient (Wildman–Crippen LogP) is 3.24. The van der Waals surface area contributed by atoms with Crippen molar-refractivity contribution in [3.8, 4) is 5.75 Å². The normalized spacial score (nSPS) is 11.6. The average molecular weight is 248 g/mol. The molecule has 15 heavy (non-hydrogen) atoms. The van der Waals surface area contributed by atoms with Crippen LogP contribution in [0.2, 0.25) is 10.0 Å². The molecule has 0 fully saturated rings. The second-order valence-electron chi connectivity index (χ2n) is 4.03. The van der Waals surface area contributed by atoms with Crippen molar-refractivity contribution in [3.05, 3.63) is 27.7 Å². The van der Waals surface area contributed by atoms with Crippen molar-refractivity contribution in [2.24, 2.45) is 5.73 Å². The second kappa shape index (κ2) is 4.60. The van der Waals surface area contributed by atoms with Gasteiger partial charge in [0.15, 0.2) is 0 Å². The van der Waals surface area contributed by atoms with E-state index in [9.17, 15) is 0 Å². The summed E-state index contributed by atoms with van der Waals surface area (Å²) < 4.78 is 5.27. The van der Waals surface area contributed by atoms with Crippen molar-refractivity contribution >= 4 is 23.2 Å². The lowest BCUT2D eigenvalue weighted by Gasteiger charge is -2.26. The number of hydrogen-bond acceptors (Lipinski definition) is 2. The fourth-order valence-electron chi connectivity index (χ4n) is 1.47. The van der Waals surface area contributed by atoms with Crippen LogP contribution in [0.15, 0.2) is 12.1 Å². The third kappa shape index (κ3) is 2.39. The first kappa shape index (κ1) is 12.6. The first-order valence-electron chi connectivity index (χ1n) is 4.66. The summed E-state index contributed by atoms with van der Waals surface area (Å²) in [7, 11) is 1.58. The van der Waals surface area contributed by atoms with Crippen molar-refractivity contribution in [2.75, 3.05) is 13.7 Å². The minimum atomic E-state index is -0.257. The largest absolute Gasteiger partial charge is 0.495 e. The molecule has 0 aliphatic rings. The lowest BCUT2D eigenvalue weighted by molar-refractivity contribution is 0.394. The van der Waals surface area contributed by atoms with Crippen LogP contribution in [0.25, 0.3) is 0 Å². The third-order valence-corrected chi connectivity index (χ3v) is 3.06. The molecule has 0 saturated carbocycles. The fraction of sp³-hybridized carbons (Fsp3) is 0.455. The van der Waals surface area contributed by atoms with Crippen molar-refractivity contribution in [1.82, 2.24) is 0 Å². The first-order valence-corrected chi connectivity index (χ1v) is 5.42. The van der Waals surface area contributed by atoms with Gasteiger partial charge in [-0.1, -0.05) is 37.0 Å². The summed E-state index contributed by atoms with van der Waals surface area (Å²) in [5.74, 6) is 0.611. The summed E-state index contributed by atoms with van der Waals surface area (Å²) >= 11 is 12.2. The van der Waals surface area contributed by atoms with Crippen LogP contribution in [0.5, 0.6) is 5.75 Å². The molecule has 0 heterocycles. The minimum Gasteiger partial charge on any atom is -0.495 e. The first-order chi connectivity index (χ1) is 6.94. The topological polar surface area (TPSA) is 35.2 Å². The van der Waals surface area contributed by atoms with Crippen LogP contribution in [0, 0.1) is 0 Å². The zero-order chi connectivity index (χ0) is 11.6. The van der Waals surface area contributed by atoms with Crippen molar-refractivity contribution < 1.29 is 4.74 Å². The summed E-state index contributed by atoms with van der Waals surface area (Å²) in [4.78, 5) is 0. The van der Waals surface area contributed by atoms with Gasteiger partial charge in [-0.25, -0.2) is 0 Å². The standard InChI is InChI=1S/C11H15Cl2NO/c1-11(2,6-14)9-7(12)4-5-8(13)10(9)15-3/h4-5H,6,14H2,1-3H3. The predicted molar refractivity (Wildman–Crippen MR) is 65.1 cm³/mol. The highest BCUT2D eigenvalue weighted by atomic mass is 35.5. The zero-order valence-electron chi connectivity index (χ0n) is 9.10. The van der Waals surface area contributed by atoms with E-state index in [-0.39, 0.29) is 5.41 Å². The molecule has 0 radical (unpaired) electrons. The van der Waals surface area contributed by atoms with E-state index in [1.807, 2.05) is 13.8 Å². The van der Waals surface area contributed by atoms with E-state index >= 15 is 0 Å². The maximum Gasteiger partial charge on any atom is 0.142 e. The molecule has 0 amide bonds. The lowest BCUT2D eigenvalue weighted by Crippen LogP contribution is -2.29. The molecule has 84 valence electrons. The third-order valence-electron chi connectivity index (χ3n) is 2.45. The van der Waals surface area contributed by atoms with E-state index in [1.54, 1.807) is 19.2 Å². The zero-order valence-corrected chi connectivity index (χ0v) is 10.6. The molecule has 0 unspecified atom stereocenters. The second-order valence-corrected chi connectivity index (χ2v) is 4.84. The molecule has 4 heteroatoms. The van der Waals surface area contributed by atoms with Gasteiger partial charge in [0.25, 0.3) is 0 Å². The van der Waals surface area contributed by atoms with E-state index in [4.69, 9.17) is 33.7 Å². The molecule has 0 spiro atoms. The number of benzene rings is 1.